The van der Waals surface area contributed by atoms with Crippen molar-refractivity contribution in [2.75, 3.05) is 13.1 Å². The molecule has 0 aliphatic carbocycles. The third-order valence-electron chi connectivity index (χ3n) is 5.88. The van der Waals surface area contributed by atoms with Gasteiger partial charge in [-0.1, -0.05) is 23.8 Å². The number of fused-ring (bicyclic) bond motifs is 1. The normalized spacial score (nSPS) is 15.5. The monoisotopic (exact) mass is 418 g/mol. The van der Waals surface area contributed by atoms with E-state index in [4.69, 9.17) is 0 Å². The number of nitrogens with zero attached hydrogens (tertiary/aromatic N) is 5. The first kappa shape index (κ1) is 19.6. The second kappa shape index (κ2) is 8.03. The minimum absolute atomic E-state index is 0.135. The van der Waals surface area contributed by atoms with Crippen LogP contribution in [0.15, 0.2) is 53.3 Å². The van der Waals surface area contributed by atoms with E-state index >= 15 is 0 Å². The van der Waals surface area contributed by atoms with Gasteiger partial charge in [0.15, 0.2) is 5.82 Å². The van der Waals surface area contributed by atoms with Crippen molar-refractivity contribution >= 4 is 10.9 Å². The number of halogens is 1. The molecule has 7 nitrogen and oxygen atoms in total. The molecule has 4 aromatic rings. The molecule has 1 atom stereocenters. The van der Waals surface area contributed by atoms with E-state index in [9.17, 15) is 9.18 Å². The summed E-state index contributed by atoms with van der Waals surface area (Å²) in [5.74, 6) is 0.331. The Labute approximate surface area is 178 Å². The minimum atomic E-state index is -0.355. The van der Waals surface area contributed by atoms with E-state index in [1.54, 1.807) is 16.8 Å². The predicted molar refractivity (Wildman–Crippen MR) is 115 cm³/mol. The van der Waals surface area contributed by atoms with Crippen molar-refractivity contribution in [1.82, 2.24) is 30.1 Å². The smallest absolute Gasteiger partial charge is 0.253 e. The predicted octanol–water partition coefficient (Wildman–Crippen LogP) is 3.20. The van der Waals surface area contributed by atoms with Crippen molar-refractivity contribution in [3.63, 3.8) is 0 Å². The number of hydrogen-bond acceptors (Lipinski definition) is 5. The number of aromatic amines is 1. The molecule has 1 aliphatic rings. The summed E-state index contributed by atoms with van der Waals surface area (Å²) >= 11 is 0. The molecule has 158 valence electrons. The molecule has 8 heteroatoms. The van der Waals surface area contributed by atoms with Crippen LogP contribution in [0.3, 0.4) is 0 Å². The van der Waals surface area contributed by atoms with E-state index in [2.05, 4.69) is 31.5 Å². The number of hydrogen-bond donors (Lipinski definition) is 1. The Morgan fingerprint density at radius 3 is 2.65 bits per heavy atom. The summed E-state index contributed by atoms with van der Waals surface area (Å²) in [6.45, 7) is 4.18. The number of nitrogens with one attached hydrogen (secondary N) is 1. The Morgan fingerprint density at radius 1 is 1.10 bits per heavy atom. The van der Waals surface area contributed by atoms with Gasteiger partial charge < -0.3 is 4.98 Å². The fraction of sp³-hybridized carbons (Fsp3) is 0.304. The maximum Gasteiger partial charge on any atom is 0.253 e. The molecule has 0 radical (unpaired) electrons. The Balaban J connectivity index is 1.61. The molecular formula is C23H23FN6O. The van der Waals surface area contributed by atoms with Crippen LogP contribution < -0.4 is 5.56 Å². The highest BCUT2D eigenvalue weighted by Gasteiger charge is 2.32. The molecule has 1 aliphatic heterocycles. The van der Waals surface area contributed by atoms with Gasteiger partial charge in [-0.3, -0.25) is 9.69 Å². The van der Waals surface area contributed by atoms with Crippen LogP contribution in [0.2, 0.25) is 0 Å². The molecule has 5 rings (SSSR count). The lowest BCUT2D eigenvalue weighted by Gasteiger charge is -2.26. The van der Waals surface area contributed by atoms with Crippen LogP contribution in [0.4, 0.5) is 4.39 Å². The second-order valence-corrected chi connectivity index (χ2v) is 8.11. The Bertz CT molecular complexity index is 1270. The molecule has 0 bridgehead atoms. The van der Waals surface area contributed by atoms with Crippen molar-refractivity contribution in [1.29, 1.82) is 0 Å². The van der Waals surface area contributed by atoms with Crippen molar-refractivity contribution in [3.05, 3.63) is 87.2 Å². The first-order valence-corrected chi connectivity index (χ1v) is 10.5. The average molecular weight is 418 g/mol. The third-order valence-corrected chi connectivity index (χ3v) is 5.88. The summed E-state index contributed by atoms with van der Waals surface area (Å²) in [5, 5.41) is 13.4. The van der Waals surface area contributed by atoms with Crippen LogP contribution in [-0.2, 0) is 6.54 Å². The standard InChI is InChI=1S/C23H23FN6O/c1-15-4-9-20-17(12-15)13-19(23(31)25-20)21(29-10-2-3-11-29)22-26-27-28-30(22)14-16-5-7-18(24)8-6-16/h4-9,12-13,21H,2-3,10-11,14H2,1H3,(H,25,31). The summed E-state index contributed by atoms with van der Waals surface area (Å²) in [6.07, 6.45) is 2.14. The van der Waals surface area contributed by atoms with Gasteiger partial charge >= 0.3 is 0 Å². The molecule has 1 unspecified atom stereocenters. The number of tetrazole rings is 1. The first-order chi connectivity index (χ1) is 15.1. The summed E-state index contributed by atoms with van der Waals surface area (Å²) < 4.78 is 15.0. The van der Waals surface area contributed by atoms with Gasteiger partial charge in [0.2, 0.25) is 0 Å². The molecule has 2 aromatic carbocycles. The topological polar surface area (TPSA) is 79.7 Å². The fourth-order valence-electron chi connectivity index (χ4n) is 4.33. The highest BCUT2D eigenvalue weighted by atomic mass is 19.1. The first-order valence-electron chi connectivity index (χ1n) is 10.5. The molecule has 0 amide bonds. The molecular weight excluding hydrogens is 395 g/mol. The lowest BCUT2D eigenvalue weighted by Crippen LogP contribution is -2.33. The van der Waals surface area contributed by atoms with Crippen molar-refractivity contribution in [2.24, 2.45) is 0 Å². The molecule has 1 N–H and O–H groups in total. The van der Waals surface area contributed by atoms with Crippen LogP contribution in [0.5, 0.6) is 0 Å². The van der Waals surface area contributed by atoms with Crippen molar-refractivity contribution < 1.29 is 4.39 Å². The lowest BCUT2D eigenvalue weighted by molar-refractivity contribution is 0.263. The third kappa shape index (κ3) is 3.86. The van der Waals surface area contributed by atoms with Gasteiger partial charge in [-0.05, 0) is 84.6 Å². The van der Waals surface area contributed by atoms with E-state index in [0.29, 0.717) is 17.9 Å². The van der Waals surface area contributed by atoms with Gasteiger partial charge in [-0.15, -0.1) is 5.10 Å². The van der Waals surface area contributed by atoms with Gasteiger partial charge in [-0.25, -0.2) is 9.07 Å². The summed E-state index contributed by atoms with van der Waals surface area (Å²) in [6, 6.07) is 13.9. The van der Waals surface area contributed by atoms with Gasteiger partial charge in [0.1, 0.15) is 11.9 Å². The Kier molecular flexibility index (Phi) is 5.07. The van der Waals surface area contributed by atoms with Crippen molar-refractivity contribution in [3.8, 4) is 0 Å². The maximum absolute atomic E-state index is 13.3. The highest BCUT2D eigenvalue weighted by Crippen LogP contribution is 2.30. The van der Waals surface area contributed by atoms with E-state index in [-0.39, 0.29) is 17.4 Å². The summed E-state index contributed by atoms with van der Waals surface area (Å²) in [5.41, 5.74) is 3.33. The van der Waals surface area contributed by atoms with Gasteiger partial charge in [0.25, 0.3) is 5.56 Å². The number of H-pyrrole nitrogens is 1. The van der Waals surface area contributed by atoms with E-state index in [1.165, 1.54) is 12.1 Å². The second-order valence-electron chi connectivity index (χ2n) is 8.11. The molecule has 1 saturated heterocycles. The number of benzene rings is 2. The molecule has 0 saturated carbocycles. The summed E-state index contributed by atoms with van der Waals surface area (Å²) in [7, 11) is 0. The lowest BCUT2D eigenvalue weighted by atomic mass is 10.0. The zero-order chi connectivity index (χ0) is 21.4. The molecule has 2 aromatic heterocycles. The van der Waals surface area contributed by atoms with E-state index < -0.39 is 0 Å². The Hall–Kier alpha value is -3.39. The molecule has 1 fully saturated rings. The van der Waals surface area contributed by atoms with Crippen LogP contribution in [0.25, 0.3) is 10.9 Å². The fourth-order valence-corrected chi connectivity index (χ4v) is 4.33. The van der Waals surface area contributed by atoms with Crippen LogP contribution in [0.1, 0.15) is 41.4 Å². The van der Waals surface area contributed by atoms with Crippen LogP contribution in [-0.4, -0.2) is 43.2 Å². The number of pyridine rings is 1. The van der Waals surface area contributed by atoms with Crippen molar-refractivity contribution in [2.45, 2.75) is 32.4 Å². The van der Waals surface area contributed by atoms with E-state index in [1.807, 2.05) is 25.1 Å². The molecule has 31 heavy (non-hydrogen) atoms. The van der Waals surface area contributed by atoms with E-state index in [0.717, 1.165) is 48.0 Å². The number of aromatic nitrogens is 5. The highest BCUT2D eigenvalue weighted by molar-refractivity contribution is 5.79. The van der Waals surface area contributed by atoms with Crippen LogP contribution >= 0.6 is 0 Å². The maximum atomic E-state index is 13.3. The molecule has 3 heterocycles. The SMILES string of the molecule is Cc1ccc2[nH]c(=O)c(C(c3nnnn3Cc3ccc(F)cc3)N3CCCC3)cc2c1. The summed E-state index contributed by atoms with van der Waals surface area (Å²) in [4.78, 5) is 18.4. The number of aryl methyl sites for hydroxylation is 1. The van der Waals surface area contributed by atoms with Crippen LogP contribution in [0, 0.1) is 12.7 Å². The zero-order valence-electron chi connectivity index (χ0n) is 17.3. The average Bonchev–Trinajstić information content (AvgIpc) is 3.44. The number of rotatable bonds is 5. The van der Waals surface area contributed by atoms with Gasteiger partial charge in [0, 0.05) is 11.1 Å². The van der Waals surface area contributed by atoms with Gasteiger partial charge in [0.05, 0.1) is 6.54 Å². The van der Waals surface area contributed by atoms with Gasteiger partial charge in [-0.2, -0.15) is 0 Å². The Morgan fingerprint density at radius 2 is 1.87 bits per heavy atom. The minimum Gasteiger partial charge on any atom is -0.322 e. The quantitative estimate of drug-likeness (QED) is 0.538. The largest absolute Gasteiger partial charge is 0.322 e. The zero-order valence-corrected chi connectivity index (χ0v) is 17.3. The number of likely N-dealkylation sites (tertiary alicyclic amines) is 1. The molecule has 0 spiro atoms.